The molecule has 0 amide bonds. The Morgan fingerprint density at radius 3 is 2.89 bits per heavy atom. The third-order valence-electron chi connectivity index (χ3n) is 2.74. The zero-order chi connectivity index (χ0) is 13.8. The Morgan fingerprint density at radius 1 is 1.47 bits per heavy atom. The number of nitrogens with zero attached hydrogens (tertiary/aromatic N) is 1. The molecule has 0 radical (unpaired) electrons. The number of aromatic nitrogens is 1. The highest BCUT2D eigenvalue weighted by atomic mass is 35.5. The summed E-state index contributed by atoms with van der Waals surface area (Å²) in [6.07, 6.45) is 2.56. The number of hydrogen-bond donors (Lipinski definition) is 1. The molecule has 0 aliphatic rings. The van der Waals surface area contributed by atoms with Crippen molar-refractivity contribution in [3.8, 4) is 10.6 Å². The van der Waals surface area contributed by atoms with Gasteiger partial charge in [0.2, 0.25) is 0 Å². The van der Waals surface area contributed by atoms with E-state index in [0.717, 1.165) is 46.6 Å². The second-order valence-electron chi connectivity index (χ2n) is 5.03. The molecule has 2 rings (SSSR count). The van der Waals surface area contributed by atoms with Crippen LogP contribution in [0.1, 0.15) is 25.3 Å². The lowest BCUT2D eigenvalue weighted by atomic mass is 10.2. The molecule has 0 bridgehead atoms. The third kappa shape index (κ3) is 3.81. The van der Waals surface area contributed by atoms with Crippen molar-refractivity contribution in [2.24, 2.45) is 5.92 Å². The van der Waals surface area contributed by atoms with E-state index in [-0.39, 0.29) is 0 Å². The monoisotopic (exact) mass is 298 g/mol. The number of oxazole rings is 1. The molecule has 0 fully saturated rings. The summed E-state index contributed by atoms with van der Waals surface area (Å²) in [4.78, 5) is 5.27. The third-order valence-corrected chi connectivity index (χ3v) is 4.46. The van der Waals surface area contributed by atoms with Crippen molar-refractivity contribution in [3.05, 3.63) is 28.1 Å². The highest BCUT2D eigenvalue weighted by Crippen LogP contribution is 2.36. The van der Waals surface area contributed by atoms with E-state index in [4.69, 9.17) is 16.0 Å². The minimum absolute atomic E-state index is 0.660. The summed E-state index contributed by atoms with van der Waals surface area (Å²) in [6, 6.07) is 0. The fourth-order valence-corrected chi connectivity index (χ4v) is 2.95. The molecule has 5 heteroatoms. The summed E-state index contributed by atoms with van der Waals surface area (Å²) in [5.41, 5.74) is 1.08. The molecule has 19 heavy (non-hydrogen) atoms. The van der Waals surface area contributed by atoms with Gasteiger partial charge in [-0.25, -0.2) is 4.98 Å². The van der Waals surface area contributed by atoms with E-state index in [9.17, 15) is 0 Å². The lowest BCUT2D eigenvalue weighted by Gasteiger charge is -2.05. The van der Waals surface area contributed by atoms with E-state index in [2.05, 4.69) is 24.1 Å². The highest BCUT2D eigenvalue weighted by Gasteiger charge is 2.13. The van der Waals surface area contributed by atoms with Crippen LogP contribution in [0, 0.1) is 12.8 Å². The van der Waals surface area contributed by atoms with E-state index >= 15 is 0 Å². The van der Waals surface area contributed by atoms with Crippen molar-refractivity contribution in [2.75, 3.05) is 13.1 Å². The molecule has 2 heterocycles. The first-order valence-electron chi connectivity index (χ1n) is 6.47. The summed E-state index contributed by atoms with van der Waals surface area (Å²) < 4.78 is 5.75. The molecule has 104 valence electrons. The van der Waals surface area contributed by atoms with Crippen molar-refractivity contribution in [3.63, 3.8) is 0 Å². The number of nitrogens with one attached hydrogen (secondary N) is 1. The van der Waals surface area contributed by atoms with Crippen molar-refractivity contribution in [1.82, 2.24) is 10.3 Å². The van der Waals surface area contributed by atoms with Crippen molar-refractivity contribution < 1.29 is 4.42 Å². The van der Waals surface area contributed by atoms with Crippen LogP contribution in [-0.4, -0.2) is 18.1 Å². The van der Waals surface area contributed by atoms with E-state index in [1.807, 2.05) is 12.3 Å². The topological polar surface area (TPSA) is 38.1 Å². The fraction of sp³-hybridized carbons (Fsp3) is 0.500. The lowest BCUT2D eigenvalue weighted by Crippen LogP contribution is -2.22. The van der Waals surface area contributed by atoms with Gasteiger partial charge in [0.05, 0.1) is 16.1 Å². The summed E-state index contributed by atoms with van der Waals surface area (Å²) in [6.45, 7) is 8.28. The van der Waals surface area contributed by atoms with Crippen LogP contribution < -0.4 is 5.32 Å². The minimum atomic E-state index is 0.660. The average Bonchev–Trinajstić information content (AvgIpc) is 2.94. The van der Waals surface area contributed by atoms with Gasteiger partial charge in [-0.05, 0) is 30.3 Å². The van der Waals surface area contributed by atoms with Crippen LogP contribution in [0.3, 0.4) is 0 Å². The van der Waals surface area contributed by atoms with Crippen LogP contribution in [0.2, 0.25) is 5.02 Å². The number of rotatable bonds is 6. The summed E-state index contributed by atoms with van der Waals surface area (Å²) in [5, 5.41) is 6.18. The summed E-state index contributed by atoms with van der Waals surface area (Å²) >= 11 is 7.82. The maximum Gasteiger partial charge on any atom is 0.196 e. The molecule has 0 saturated carbocycles. The molecule has 0 unspecified atom stereocenters. The quantitative estimate of drug-likeness (QED) is 0.814. The zero-order valence-electron chi connectivity index (χ0n) is 11.5. The first-order valence-corrected chi connectivity index (χ1v) is 7.73. The van der Waals surface area contributed by atoms with Gasteiger partial charge in [-0.1, -0.05) is 25.4 Å². The van der Waals surface area contributed by atoms with Crippen LogP contribution >= 0.6 is 22.9 Å². The smallest absolute Gasteiger partial charge is 0.196 e. The molecule has 2 aromatic rings. The lowest BCUT2D eigenvalue weighted by molar-refractivity contribution is 0.483. The van der Waals surface area contributed by atoms with Gasteiger partial charge in [-0.3, -0.25) is 0 Å². The van der Waals surface area contributed by atoms with Crippen molar-refractivity contribution in [2.45, 2.75) is 27.2 Å². The average molecular weight is 299 g/mol. The summed E-state index contributed by atoms with van der Waals surface area (Å²) in [5.74, 6) is 2.18. The van der Waals surface area contributed by atoms with Gasteiger partial charge in [0.25, 0.3) is 0 Å². The molecular formula is C14H19ClN2OS. The zero-order valence-corrected chi connectivity index (χ0v) is 13.1. The minimum Gasteiger partial charge on any atom is -0.440 e. The van der Waals surface area contributed by atoms with E-state index in [1.165, 1.54) is 0 Å². The first kappa shape index (κ1) is 14.6. The SMILES string of the molecule is Cc1csc(-c2cnc(CCNCC(C)C)o2)c1Cl. The number of hydrogen-bond acceptors (Lipinski definition) is 4. The Balaban J connectivity index is 1.94. The normalized spacial score (nSPS) is 11.4. The molecule has 0 aliphatic carbocycles. The largest absolute Gasteiger partial charge is 0.440 e. The van der Waals surface area contributed by atoms with Gasteiger partial charge in [0.15, 0.2) is 11.7 Å². The number of halogens is 1. The van der Waals surface area contributed by atoms with Gasteiger partial charge in [0.1, 0.15) is 0 Å². The van der Waals surface area contributed by atoms with Crippen LogP contribution in [0.25, 0.3) is 10.6 Å². The van der Waals surface area contributed by atoms with E-state index in [0.29, 0.717) is 5.92 Å². The van der Waals surface area contributed by atoms with Gasteiger partial charge < -0.3 is 9.73 Å². The highest BCUT2D eigenvalue weighted by molar-refractivity contribution is 7.14. The van der Waals surface area contributed by atoms with Crippen molar-refractivity contribution in [1.29, 1.82) is 0 Å². The van der Waals surface area contributed by atoms with E-state index < -0.39 is 0 Å². The van der Waals surface area contributed by atoms with Gasteiger partial charge >= 0.3 is 0 Å². The summed E-state index contributed by atoms with van der Waals surface area (Å²) in [7, 11) is 0. The van der Waals surface area contributed by atoms with Crippen LogP contribution in [0.5, 0.6) is 0 Å². The maximum atomic E-state index is 6.22. The Bertz CT molecular complexity index is 533. The molecule has 2 aromatic heterocycles. The Labute approximate surface area is 123 Å². The van der Waals surface area contributed by atoms with E-state index in [1.54, 1.807) is 17.5 Å². The predicted molar refractivity (Wildman–Crippen MR) is 81.0 cm³/mol. The molecule has 0 aliphatic heterocycles. The predicted octanol–water partition coefficient (Wildman–Crippen LogP) is 4.15. The first-order chi connectivity index (χ1) is 9.08. The molecule has 0 spiro atoms. The van der Waals surface area contributed by atoms with Gasteiger partial charge in [-0.2, -0.15) is 0 Å². The second kappa shape index (κ2) is 6.55. The van der Waals surface area contributed by atoms with Gasteiger partial charge in [-0.15, -0.1) is 11.3 Å². The van der Waals surface area contributed by atoms with Crippen LogP contribution in [0.15, 0.2) is 16.0 Å². The molecule has 0 aromatic carbocycles. The molecule has 0 saturated heterocycles. The Hall–Kier alpha value is -0.840. The fourth-order valence-electron chi connectivity index (χ4n) is 1.71. The standard InChI is InChI=1S/C14H19ClN2OS/c1-9(2)6-16-5-4-12-17-7-11(18-12)14-13(15)10(3)8-19-14/h7-9,16H,4-6H2,1-3H3. The molecule has 0 atom stereocenters. The molecule has 1 N–H and O–H groups in total. The van der Waals surface area contributed by atoms with Crippen LogP contribution in [-0.2, 0) is 6.42 Å². The molecular weight excluding hydrogens is 280 g/mol. The number of aryl methyl sites for hydroxylation is 1. The maximum absolute atomic E-state index is 6.22. The Kier molecular flexibility index (Phi) is 5.02. The molecule has 3 nitrogen and oxygen atoms in total. The second-order valence-corrected chi connectivity index (χ2v) is 6.29. The Morgan fingerprint density at radius 2 is 2.26 bits per heavy atom. The van der Waals surface area contributed by atoms with Crippen molar-refractivity contribution >= 4 is 22.9 Å². The number of thiophene rings is 1. The van der Waals surface area contributed by atoms with Crippen LogP contribution in [0.4, 0.5) is 0 Å². The van der Waals surface area contributed by atoms with Gasteiger partial charge in [0, 0.05) is 13.0 Å².